The molecule has 3 N–H and O–H groups in total. The van der Waals surface area contributed by atoms with Crippen LogP contribution in [0, 0.1) is 19.3 Å². The van der Waals surface area contributed by atoms with Crippen molar-refractivity contribution in [1.29, 1.82) is 0 Å². The molecular formula is C37H42N6O6S. The topological polar surface area (TPSA) is 169 Å². The SMILES string of the molecule is Cc1cccc(C)c1-c1cc(OCC(CC2(C)CC2)NCc2cnc3oc(C(C)(C)C)cc3n2)nc(NS(=O)(=O)c2cccc(C(=O)O)c2)n1. The summed E-state index contributed by atoms with van der Waals surface area (Å²) in [4.78, 5) is 29.6. The van der Waals surface area contributed by atoms with Crippen LogP contribution in [0.15, 0.2) is 70.1 Å². The third-order valence-electron chi connectivity index (χ3n) is 8.93. The number of benzene rings is 2. The average Bonchev–Trinajstić information content (AvgIpc) is 3.60. The number of furan rings is 1. The predicted molar refractivity (Wildman–Crippen MR) is 190 cm³/mol. The molecule has 13 heteroatoms. The number of aryl methyl sites for hydroxylation is 2. The van der Waals surface area contributed by atoms with E-state index in [9.17, 15) is 18.3 Å². The van der Waals surface area contributed by atoms with Gasteiger partial charge in [-0.2, -0.15) is 4.98 Å². The standard InChI is InChI=1S/C37H42N6O6S/c1-22-9-7-10-23(2)32(22)28-17-31(42-35(41-28)43-50(46,47)27-12-8-11-24(15-27)34(44)45)48-21-25(18-37(6)13-14-37)38-19-26-20-39-33-29(40-26)16-30(49-33)36(3,4)5/h7-12,15-17,20,25,38H,13-14,18-19,21H2,1-6H3,(H,44,45)(H,41,42,43). The van der Waals surface area contributed by atoms with Gasteiger partial charge in [-0.05, 0) is 67.9 Å². The zero-order valence-corrected chi connectivity index (χ0v) is 29.9. The Morgan fingerprint density at radius 3 is 2.44 bits per heavy atom. The van der Waals surface area contributed by atoms with Crippen LogP contribution >= 0.6 is 0 Å². The lowest BCUT2D eigenvalue weighted by Gasteiger charge is -2.22. The van der Waals surface area contributed by atoms with Crippen LogP contribution in [0.4, 0.5) is 5.95 Å². The molecule has 1 fully saturated rings. The van der Waals surface area contributed by atoms with Crippen LogP contribution in [0.25, 0.3) is 22.5 Å². The summed E-state index contributed by atoms with van der Waals surface area (Å²) in [6.07, 6.45) is 4.83. The number of aromatic carboxylic acids is 1. The first-order valence-electron chi connectivity index (χ1n) is 16.5. The van der Waals surface area contributed by atoms with E-state index in [4.69, 9.17) is 14.1 Å². The summed E-state index contributed by atoms with van der Waals surface area (Å²) in [6.45, 7) is 13.1. The first kappa shape index (κ1) is 35.0. The van der Waals surface area contributed by atoms with Crippen molar-refractivity contribution in [3.05, 3.63) is 88.9 Å². The number of nitrogens with one attached hydrogen (secondary N) is 2. The second-order valence-corrected chi connectivity index (χ2v) is 16.1. The Hall–Kier alpha value is -4.88. The maximum absolute atomic E-state index is 13.4. The largest absolute Gasteiger partial charge is 0.478 e. The minimum absolute atomic E-state index is 0.0769. The molecule has 0 spiro atoms. The van der Waals surface area contributed by atoms with Crippen LogP contribution in [0.3, 0.4) is 0 Å². The minimum Gasteiger partial charge on any atom is -0.478 e. The zero-order chi connectivity index (χ0) is 35.8. The lowest BCUT2D eigenvalue weighted by Crippen LogP contribution is -2.36. The molecule has 6 rings (SSSR count). The third kappa shape index (κ3) is 8.11. The highest BCUT2D eigenvalue weighted by molar-refractivity contribution is 7.92. The number of carboxylic acids is 1. The molecular weight excluding hydrogens is 657 g/mol. The maximum atomic E-state index is 13.4. The molecule has 50 heavy (non-hydrogen) atoms. The minimum atomic E-state index is -4.24. The quantitative estimate of drug-likeness (QED) is 0.118. The smallest absolute Gasteiger partial charge is 0.335 e. The number of sulfonamides is 1. The summed E-state index contributed by atoms with van der Waals surface area (Å²) < 4.78 is 41.5. The van der Waals surface area contributed by atoms with E-state index in [2.05, 4.69) is 52.7 Å². The number of hydrogen-bond acceptors (Lipinski definition) is 10. The summed E-state index contributed by atoms with van der Waals surface area (Å²) in [5.74, 6) is -0.418. The number of nitrogens with zero attached hydrogens (tertiary/aromatic N) is 4. The zero-order valence-electron chi connectivity index (χ0n) is 29.1. The van der Waals surface area contributed by atoms with E-state index in [0.29, 0.717) is 23.5 Å². The Bertz CT molecular complexity index is 2150. The predicted octanol–water partition coefficient (Wildman–Crippen LogP) is 6.82. The van der Waals surface area contributed by atoms with Gasteiger partial charge in [0.05, 0.1) is 28.0 Å². The summed E-state index contributed by atoms with van der Waals surface area (Å²) in [7, 11) is -4.24. The fourth-order valence-electron chi connectivity index (χ4n) is 5.82. The molecule has 0 aliphatic heterocycles. The Labute approximate surface area is 291 Å². The van der Waals surface area contributed by atoms with Gasteiger partial charge in [-0.25, -0.2) is 32.9 Å². The summed E-state index contributed by atoms with van der Waals surface area (Å²) in [6, 6.07) is 14.5. The van der Waals surface area contributed by atoms with E-state index in [-0.39, 0.29) is 45.8 Å². The van der Waals surface area contributed by atoms with Crippen LogP contribution in [-0.2, 0) is 22.0 Å². The third-order valence-corrected chi connectivity index (χ3v) is 10.3. The molecule has 2 aromatic carbocycles. The van der Waals surface area contributed by atoms with Crippen LogP contribution in [0.2, 0.25) is 0 Å². The first-order chi connectivity index (χ1) is 23.6. The maximum Gasteiger partial charge on any atom is 0.335 e. The molecule has 0 amide bonds. The highest BCUT2D eigenvalue weighted by Gasteiger charge is 2.39. The van der Waals surface area contributed by atoms with Gasteiger partial charge in [-0.15, -0.1) is 0 Å². The summed E-state index contributed by atoms with van der Waals surface area (Å²) >= 11 is 0. The van der Waals surface area contributed by atoms with Gasteiger partial charge in [0.1, 0.15) is 17.9 Å². The second kappa shape index (κ2) is 13.4. The fourth-order valence-corrected chi connectivity index (χ4v) is 6.81. The molecule has 0 bridgehead atoms. The van der Waals surface area contributed by atoms with Crippen molar-refractivity contribution in [3.63, 3.8) is 0 Å². The molecule has 1 atom stereocenters. The Balaban J connectivity index is 1.26. The van der Waals surface area contributed by atoms with E-state index in [1.807, 2.05) is 38.1 Å². The highest BCUT2D eigenvalue weighted by atomic mass is 32.2. The lowest BCUT2D eigenvalue weighted by atomic mass is 9.93. The van der Waals surface area contributed by atoms with Gasteiger partial charge >= 0.3 is 5.97 Å². The van der Waals surface area contributed by atoms with Crippen LogP contribution in [0.1, 0.15) is 79.9 Å². The Morgan fingerprint density at radius 2 is 1.76 bits per heavy atom. The molecule has 3 heterocycles. The molecule has 1 aliphatic carbocycles. The van der Waals surface area contributed by atoms with Gasteiger partial charge < -0.3 is 19.6 Å². The number of aromatic nitrogens is 4. The van der Waals surface area contributed by atoms with Crippen LogP contribution in [-0.4, -0.2) is 52.1 Å². The number of fused-ring (bicyclic) bond motifs is 1. The van der Waals surface area contributed by atoms with Crippen molar-refractivity contribution in [2.75, 3.05) is 11.3 Å². The van der Waals surface area contributed by atoms with Crippen LogP contribution < -0.4 is 14.8 Å². The van der Waals surface area contributed by atoms with Crippen molar-refractivity contribution in [3.8, 4) is 17.1 Å². The van der Waals surface area contributed by atoms with E-state index in [0.717, 1.165) is 53.5 Å². The molecule has 5 aromatic rings. The molecule has 3 aromatic heterocycles. The van der Waals surface area contributed by atoms with Crippen molar-refractivity contribution in [2.24, 2.45) is 5.41 Å². The molecule has 1 unspecified atom stereocenters. The summed E-state index contributed by atoms with van der Waals surface area (Å²) in [5, 5.41) is 13.0. The van der Waals surface area contributed by atoms with Crippen LogP contribution in [0.5, 0.6) is 5.88 Å². The number of hydrogen-bond donors (Lipinski definition) is 3. The highest BCUT2D eigenvalue weighted by Crippen LogP contribution is 2.49. The Morgan fingerprint density at radius 1 is 1.04 bits per heavy atom. The molecule has 12 nitrogen and oxygen atoms in total. The van der Waals surface area contributed by atoms with Crippen molar-refractivity contribution in [1.82, 2.24) is 25.3 Å². The first-order valence-corrected chi connectivity index (χ1v) is 18.0. The van der Waals surface area contributed by atoms with E-state index >= 15 is 0 Å². The number of carboxylic acid groups (broad SMARTS) is 1. The average molecular weight is 699 g/mol. The fraction of sp³-hybridized carbons (Fsp3) is 0.378. The van der Waals surface area contributed by atoms with Gasteiger partial charge in [-0.1, -0.05) is 52.0 Å². The molecule has 1 saturated carbocycles. The molecule has 262 valence electrons. The van der Waals surface area contributed by atoms with Crippen molar-refractivity contribution >= 4 is 33.2 Å². The number of ether oxygens (including phenoxy) is 1. The number of carbonyl (C=O) groups is 1. The van der Waals surface area contributed by atoms with E-state index in [1.165, 1.54) is 18.2 Å². The van der Waals surface area contributed by atoms with E-state index < -0.39 is 16.0 Å². The molecule has 0 saturated heterocycles. The Kier molecular flexibility index (Phi) is 9.40. The van der Waals surface area contributed by atoms with Gasteiger partial charge in [0.15, 0.2) is 0 Å². The van der Waals surface area contributed by atoms with Crippen molar-refractivity contribution < 1.29 is 27.5 Å². The van der Waals surface area contributed by atoms with Gasteiger partial charge in [0.2, 0.25) is 17.5 Å². The van der Waals surface area contributed by atoms with Gasteiger partial charge in [-0.3, -0.25) is 0 Å². The number of anilines is 1. The normalized spacial score (nSPS) is 14.8. The number of rotatable bonds is 13. The molecule has 0 radical (unpaired) electrons. The van der Waals surface area contributed by atoms with Gasteiger partial charge in [0, 0.05) is 35.7 Å². The van der Waals surface area contributed by atoms with Crippen molar-refractivity contribution in [2.45, 2.75) is 83.7 Å². The molecule has 1 aliphatic rings. The lowest BCUT2D eigenvalue weighted by molar-refractivity contribution is 0.0696. The van der Waals surface area contributed by atoms with E-state index in [1.54, 1.807) is 12.3 Å². The summed E-state index contributed by atoms with van der Waals surface area (Å²) in [5.41, 5.74) is 5.08. The second-order valence-electron chi connectivity index (χ2n) is 14.4. The van der Waals surface area contributed by atoms with Gasteiger partial charge in [0.25, 0.3) is 10.0 Å². The monoisotopic (exact) mass is 698 g/mol.